The van der Waals surface area contributed by atoms with Crippen molar-refractivity contribution in [1.82, 2.24) is 0 Å². The van der Waals surface area contributed by atoms with E-state index in [1.807, 2.05) is 0 Å². The summed E-state index contributed by atoms with van der Waals surface area (Å²) < 4.78 is 18.9. The molecule has 1 nitrogen and oxygen atoms in total. The van der Waals surface area contributed by atoms with E-state index in [-0.39, 0.29) is 11.7 Å². The van der Waals surface area contributed by atoms with Crippen LogP contribution >= 0.6 is 11.6 Å². The Morgan fingerprint density at radius 2 is 2.20 bits per heavy atom. The van der Waals surface area contributed by atoms with Crippen LogP contribution in [0, 0.1) is 11.7 Å². The summed E-state index contributed by atoms with van der Waals surface area (Å²) in [6.45, 7) is 4.68. The predicted molar refractivity (Wildman–Crippen MR) is 60.9 cm³/mol. The van der Waals surface area contributed by atoms with Gasteiger partial charge in [-0.1, -0.05) is 32.4 Å². The topological polar surface area (TPSA) is 9.23 Å². The van der Waals surface area contributed by atoms with Crippen LogP contribution in [0.1, 0.15) is 25.8 Å². The fourth-order valence-electron chi connectivity index (χ4n) is 1.16. The Morgan fingerprint density at radius 1 is 1.47 bits per heavy atom. The van der Waals surface area contributed by atoms with Crippen molar-refractivity contribution >= 4 is 11.6 Å². The van der Waals surface area contributed by atoms with Gasteiger partial charge in [-0.2, -0.15) is 0 Å². The van der Waals surface area contributed by atoms with Crippen LogP contribution in [0.2, 0.25) is 0 Å². The van der Waals surface area contributed by atoms with Gasteiger partial charge in [0, 0.05) is 5.56 Å². The lowest BCUT2D eigenvalue weighted by atomic mass is 10.1. The highest BCUT2D eigenvalue weighted by atomic mass is 35.5. The summed E-state index contributed by atoms with van der Waals surface area (Å²) in [4.78, 5) is 0. The Kier molecular flexibility index (Phi) is 4.89. The van der Waals surface area contributed by atoms with Gasteiger partial charge in [0.2, 0.25) is 0 Å². The lowest BCUT2D eigenvalue weighted by Crippen LogP contribution is -2.09. The molecule has 0 radical (unpaired) electrons. The van der Waals surface area contributed by atoms with Gasteiger partial charge in [0.1, 0.15) is 0 Å². The molecule has 0 heterocycles. The minimum Gasteiger partial charge on any atom is -0.490 e. The molecule has 0 amide bonds. The van der Waals surface area contributed by atoms with Crippen molar-refractivity contribution in [3.63, 3.8) is 0 Å². The number of benzene rings is 1. The molecule has 15 heavy (non-hydrogen) atoms. The maximum atomic E-state index is 13.4. The average molecular weight is 231 g/mol. The molecule has 0 spiro atoms. The highest BCUT2D eigenvalue weighted by molar-refractivity contribution is 6.17. The molecular formula is C12H16ClFO. The van der Waals surface area contributed by atoms with E-state index in [4.69, 9.17) is 16.3 Å². The van der Waals surface area contributed by atoms with Gasteiger partial charge in [0.05, 0.1) is 12.5 Å². The zero-order valence-electron chi connectivity index (χ0n) is 9.09. The van der Waals surface area contributed by atoms with Gasteiger partial charge in [-0.25, -0.2) is 4.39 Å². The molecule has 0 N–H and O–H groups in total. The van der Waals surface area contributed by atoms with Crippen LogP contribution in [0.25, 0.3) is 0 Å². The van der Waals surface area contributed by atoms with Crippen molar-refractivity contribution in [1.29, 1.82) is 0 Å². The maximum Gasteiger partial charge on any atom is 0.165 e. The molecule has 0 aliphatic carbocycles. The minimum absolute atomic E-state index is 0.271. The van der Waals surface area contributed by atoms with Crippen molar-refractivity contribution in [2.75, 3.05) is 6.61 Å². The fraction of sp³-hybridized carbons (Fsp3) is 0.500. The molecule has 1 rings (SSSR count). The molecule has 0 aromatic heterocycles. The van der Waals surface area contributed by atoms with Crippen LogP contribution in [-0.4, -0.2) is 6.61 Å². The molecule has 0 fully saturated rings. The zero-order valence-corrected chi connectivity index (χ0v) is 9.85. The minimum atomic E-state index is -0.337. The van der Waals surface area contributed by atoms with Crippen molar-refractivity contribution in [3.05, 3.63) is 29.6 Å². The molecular weight excluding hydrogens is 215 g/mol. The van der Waals surface area contributed by atoms with Crippen LogP contribution in [0.3, 0.4) is 0 Å². The average Bonchev–Trinajstić information content (AvgIpc) is 2.26. The molecule has 0 saturated heterocycles. The van der Waals surface area contributed by atoms with E-state index in [2.05, 4.69) is 13.8 Å². The first-order valence-electron chi connectivity index (χ1n) is 5.15. The van der Waals surface area contributed by atoms with E-state index < -0.39 is 0 Å². The van der Waals surface area contributed by atoms with Gasteiger partial charge in [-0.15, -0.1) is 11.6 Å². The summed E-state index contributed by atoms with van der Waals surface area (Å²) in [6, 6.07) is 4.81. The van der Waals surface area contributed by atoms with E-state index in [0.29, 0.717) is 23.8 Å². The van der Waals surface area contributed by atoms with E-state index in [1.165, 1.54) is 6.07 Å². The number of hydrogen-bond acceptors (Lipinski definition) is 1. The first kappa shape index (κ1) is 12.3. The Morgan fingerprint density at radius 3 is 2.80 bits per heavy atom. The van der Waals surface area contributed by atoms with Crippen molar-refractivity contribution in [2.24, 2.45) is 5.92 Å². The molecule has 1 unspecified atom stereocenters. The summed E-state index contributed by atoms with van der Waals surface area (Å²) in [6.07, 6.45) is 1.02. The normalized spacial score (nSPS) is 12.5. The first-order valence-corrected chi connectivity index (χ1v) is 5.68. The van der Waals surface area contributed by atoms with Gasteiger partial charge in [-0.05, 0) is 12.0 Å². The molecule has 3 heteroatoms. The largest absolute Gasteiger partial charge is 0.490 e. The lowest BCUT2D eigenvalue weighted by Gasteiger charge is -2.13. The molecule has 0 bridgehead atoms. The highest BCUT2D eigenvalue weighted by Gasteiger charge is 2.10. The van der Waals surface area contributed by atoms with E-state index in [9.17, 15) is 4.39 Å². The second-order valence-electron chi connectivity index (χ2n) is 3.69. The third-order valence-electron chi connectivity index (χ3n) is 2.40. The predicted octanol–water partition coefficient (Wildman–Crippen LogP) is 3.99. The molecule has 0 aliphatic heterocycles. The third kappa shape index (κ3) is 3.38. The van der Waals surface area contributed by atoms with Crippen LogP contribution in [0.4, 0.5) is 4.39 Å². The lowest BCUT2D eigenvalue weighted by molar-refractivity contribution is 0.244. The second-order valence-corrected chi connectivity index (χ2v) is 3.95. The van der Waals surface area contributed by atoms with Gasteiger partial charge < -0.3 is 4.74 Å². The van der Waals surface area contributed by atoms with Crippen LogP contribution in [0.15, 0.2) is 18.2 Å². The van der Waals surface area contributed by atoms with E-state index in [1.54, 1.807) is 12.1 Å². The Hall–Kier alpha value is -0.760. The Labute approximate surface area is 95.2 Å². The standard InChI is InChI=1S/C12H16ClFO/c1-3-9(2)8-15-12-10(7-13)5-4-6-11(12)14/h4-6,9H,3,7-8H2,1-2H3. The summed E-state index contributed by atoms with van der Waals surface area (Å²) in [5.74, 6) is 0.658. The van der Waals surface area contributed by atoms with Crippen LogP contribution in [-0.2, 0) is 5.88 Å². The van der Waals surface area contributed by atoms with E-state index >= 15 is 0 Å². The number of halogens is 2. The molecule has 1 atom stereocenters. The van der Waals surface area contributed by atoms with Gasteiger partial charge in [0.25, 0.3) is 0 Å². The molecule has 1 aromatic rings. The van der Waals surface area contributed by atoms with Gasteiger partial charge in [0.15, 0.2) is 11.6 Å². The molecule has 0 aliphatic rings. The number of hydrogen-bond donors (Lipinski definition) is 0. The van der Waals surface area contributed by atoms with E-state index in [0.717, 1.165) is 6.42 Å². The number of ether oxygens (including phenoxy) is 1. The zero-order chi connectivity index (χ0) is 11.3. The Bertz CT molecular complexity index is 314. The summed E-state index contributed by atoms with van der Waals surface area (Å²) >= 11 is 5.71. The third-order valence-corrected chi connectivity index (χ3v) is 2.69. The second kappa shape index (κ2) is 5.96. The fourth-order valence-corrected chi connectivity index (χ4v) is 1.37. The van der Waals surface area contributed by atoms with Crippen molar-refractivity contribution < 1.29 is 9.13 Å². The summed E-state index contributed by atoms with van der Waals surface area (Å²) in [5, 5.41) is 0. The SMILES string of the molecule is CCC(C)COc1c(F)cccc1CCl. The van der Waals surface area contributed by atoms with Gasteiger partial charge in [-0.3, -0.25) is 0 Å². The summed E-state index contributed by atoms with van der Waals surface area (Å²) in [7, 11) is 0. The van der Waals surface area contributed by atoms with Crippen LogP contribution in [0.5, 0.6) is 5.75 Å². The summed E-state index contributed by atoms with van der Waals surface area (Å²) in [5.41, 5.74) is 0.708. The monoisotopic (exact) mass is 230 g/mol. The quantitative estimate of drug-likeness (QED) is 0.695. The molecule has 0 saturated carbocycles. The van der Waals surface area contributed by atoms with Crippen molar-refractivity contribution in [3.8, 4) is 5.75 Å². The molecule has 84 valence electrons. The highest BCUT2D eigenvalue weighted by Crippen LogP contribution is 2.24. The number of alkyl halides is 1. The van der Waals surface area contributed by atoms with Crippen LogP contribution < -0.4 is 4.74 Å². The van der Waals surface area contributed by atoms with Gasteiger partial charge >= 0.3 is 0 Å². The first-order chi connectivity index (χ1) is 7.19. The number of para-hydroxylation sites is 1. The maximum absolute atomic E-state index is 13.4. The molecule has 1 aromatic carbocycles. The smallest absolute Gasteiger partial charge is 0.165 e. The van der Waals surface area contributed by atoms with Crippen molar-refractivity contribution in [2.45, 2.75) is 26.1 Å². The number of rotatable bonds is 5. The Balaban J connectivity index is 2.74.